The molecule has 0 aliphatic carbocycles. The highest BCUT2D eigenvalue weighted by Gasteiger charge is 2.25. The predicted octanol–water partition coefficient (Wildman–Crippen LogP) is 1.78. The molecule has 0 aliphatic heterocycles. The van der Waals surface area contributed by atoms with Crippen LogP contribution in [0.25, 0.3) is 0 Å². The van der Waals surface area contributed by atoms with E-state index in [-0.39, 0.29) is 0 Å². The molecule has 0 saturated carbocycles. The van der Waals surface area contributed by atoms with Gasteiger partial charge < -0.3 is 5.32 Å². The zero-order valence-electron chi connectivity index (χ0n) is 10.7. The van der Waals surface area contributed by atoms with Crippen LogP contribution >= 0.6 is 0 Å². The van der Waals surface area contributed by atoms with Crippen molar-refractivity contribution >= 4 is 12.2 Å². The van der Waals surface area contributed by atoms with Crippen LogP contribution in [0.15, 0.2) is 0 Å². The summed E-state index contributed by atoms with van der Waals surface area (Å²) in [6.45, 7) is 11.9. The molecule has 0 aromatic carbocycles. The molecule has 3 nitrogen and oxygen atoms in total. The second-order valence-electron chi connectivity index (χ2n) is 5.23. The standard InChI is InChI=1S/C11H26N2OS/c1-10(11(2,3)4)9-13(15-14)8-6-7-12-5/h10,12,14H,6-9H2,1-5H3/p+1/t10-/m1/s1. The fourth-order valence-corrected chi connectivity index (χ4v) is 1.75. The Kier molecular flexibility index (Phi) is 7.61. The van der Waals surface area contributed by atoms with Crippen LogP contribution in [-0.4, -0.2) is 35.5 Å². The molecule has 15 heavy (non-hydrogen) atoms. The Balaban J connectivity index is 3.88. The Morgan fingerprint density at radius 1 is 1.40 bits per heavy atom. The van der Waals surface area contributed by atoms with E-state index in [2.05, 4.69) is 37.3 Å². The molecule has 0 aromatic rings. The van der Waals surface area contributed by atoms with Crippen LogP contribution in [0.3, 0.4) is 0 Å². The second-order valence-corrected chi connectivity index (χ2v) is 5.97. The van der Waals surface area contributed by atoms with Crippen LogP contribution in [0.4, 0.5) is 0 Å². The van der Waals surface area contributed by atoms with Gasteiger partial charge in [-0.1, -0.05) is 32.0 Å². The number of nitrogens with one attached hydrogen (secondary N) is 1. The van der Waals surface area contributed by atoms with Crippen molar-refractivity contribution in [2.24, 2.45) is 11.3 Å². The van der Waals surface area contributed by atoms with Gasteiger partial charge in [-0.3, -0.25) is 0 Å². The Bertz CT molecular complexity index is 159. The molecule has 0 fully saturated rings. The van der Waals surface area contributed by atoms with E-state index in [1.807, 2.05) is 7.05 Å². The molecular weight excluding hydrogens is 208 g/mol. The highest BCUT2D eigenvalue weighted by molar-refractivity contribution is 7.69. The van der Waals surface area contributed by atoms with E-state index >= 15 is 0 Å². The monoisotopic (exact) mass is 235 g/mol. The summed E-state index contributed by atoms with van der Waals surface area (Å²) in [5.41, 5.74) is 0.311. The first kappa shape index (κ1) is 15.2. The zero-order chi connectivity index (χ0) is 11.9. The maximum absolute atomic E-state index is 9.22. The summed E-state index contributed by atoms with van der Waals surface area (Å²) >= 11 is 0.404. The molecule has 4 heteroatoms. The quantitative estimate of drug-likeness (QED) is 0.401. The average Bonchev–Trinajstić information content (AvgIpc) is 2.14. The molecule has 1 atom stereocenters. The van der Waals surface area contributed by atoms with Gasteiger partial charge in [-0.15, -0.1) is 0 Å². The number of rotatable bonds is 7. The minimum Gasteiger partial charge on any atom is -0.320 e. The number of nitrogens with zero attached hydrogens (tertiary/aromatic N) is 1. The lowest BCUT2D eigenvalue weighted by Gasteiger charge is -2.28. The first-order valence-electron chi connectivity index (χ1n) is 5.66. The van der Waals surface area contributed by atoms with E-state index in [1.54, 1.807) is 0 Å². The van der Waals surface area contributed by atoms with Crippen LogP contribution in [0.1, 0.15) is 34.1 Å². The summed E-state index contributed by atoms with van der Waals surface area (Å²) < 4.78 is 11.3. The lowest BCUT2D eigenvalue weighted by molar-refractivity contribution is 0.216. The second kappa shape index (κ2) is 7.49. The van der Waals surface area contributed by atoms with Gasteiger partial charge in [0.25, 0.3) is 0 Å². The minimum atomic E-state index is 0.311. The van der Waals surface area contributed by atoms with Gasteiger partial charge in [-0.05, 0) is 31.3 Å². The fraction of sp³-hybridized carbons (Fsp3) is 1.00. The summed E-state index contributed by atoms with van der Waals surface area (Å²) in [5.74, 6) is 0.590. The van der Waals surface area contributed by atoms with Crippen LogP contribution in [0.2, 0.25) is 0 Å². The molecule has 2 N–H and O–H groups in total. The van der Waals surface area contributed by atoms with E-state index in [1.165, 1.54) is 0 Å². The van der Waals surface area contributed by atoms with Crippen molar-refractivity contribution in [2.45, 2.75) is 34.1 Å². The molecule has 0 amide bonds. The van der Waals surface area contributed by atoms with E-state index < -0.39 is 0 Å². The predicted molar refractivity (Wildman–Crippen MR) is 70.1 cm³/mol. The number of hydrogen-bond acceptors (Lipinski definition) is 3. The summed E-state index contributed by atoms with van der Waals surface area (Å²) in [6.07, 6.45) is 1.08. The minimum absolute atomic E-state index is 0.311. The lowest BCUT2D eigenvalue weighted by atomic mass is 9.82. The first-order chi connectivity index (χ1) is 6.91. The molecule has 0 spiro atoms. The van der Waals surface area contributed by atoms with Crippen molar-refractivity contribution in [3.05, 3.63) is 0 Å². The Hall–Kier alpha value is 0.230. The maximum atomic E-state index is 9.22. The van der Waals surface area contributed by atoms with E-state index in [9.17, 15) is 4.55 Å². The molecular formula is C11H27N2OS+. The molecule has 0 saturated heterocycles. The lowest BCUT2D eigenvalue weighted by Crippen LogP contribution is -2.34. The van der Waals surface area contributed by atoms with Crippen LogP contribution < -0.4 is 5.32 Å². The maximum Gasteiger partial charge on any atom is 0.222 e. The summed E-state index contributed by atoms with van der Waals surface area (Å²) in [4.78, 5) is 0. The van der Waals surface area contributed by atoms with Gasteiger partial charge in [0, 0.05) is 6.54 Å². The van der Waals surface area contributed by atoms with Crippen LogP contribution in [-0.2, 0) is 12.2 Å². The molecule has 0 bridgehead atoms. The summed E-state index contributed by atoms with van der Waals surface area (Å²) in [6, 6.07) is 0. The smallest absolute Gasteiger partial charge is 0.222 e. The first-order valence-corrected chi connectivity index (χ1v) is 6.46. The number of hydrogen-bond donors (Lipinski definition) is 2. The molecule has 0 radical (unpaired) electrons. The van der Waals surface area contributed by atoms with Crippen LogP contribution in [0.5, 0.6) is 0 Å². The normalized spacial score (nSPS) is 14.6. The zero-order valence-corrected chi connectivity index (χ0v) is 11.6. The van der Waals surface area contributed by atoms with Gasteiger partial charge in [-0.2, -0.15) is 4.55 Å². The average molecular weight is 235 g/mol. The molecule has 0 aliphatic rings. The molecule has 0 rings (SSSR count). The molecule has 0 aromatic heterocycles. The summed E-state index contributed by atoms with van der Waals surface area (Å²) in [5, 5.41) is 3.12. The number of thiol groups is 1. The Morgan fingerprint density at radius 2 is 2.00 bits per heavy atom. The Labute approximate surface area is 99.0 Å². The SMILES string of the molecule is CNCCCN(C[C@@H](C)C(C)(C)C)[SH+]O. The van der Waals surface area contributed by atoms with Crippen LogP contribution in [0, 0.1) is 11.3 Å². The molecule has 0 heterocycles. The topological polar surface area (TPSA) is 35.5 Å². The largest absolute Gasteiger partial charge is 0.320 e. The van der Waals surface area contributed by atoms with Gasteiger partial charge in [0.05, 0.1) is 6.54 Å². The van der Waals surface area contributed by atoms with Gasteiger partial charge in [0.15, 0.2) is 0 Å². The van der Waals surface area contributed by atoms with Gasteiger partial charge in [0.1, 0.15) is 0 Å². The molecule has 92 valence electrons. The van der Waals surface area contributed by atoms with Gasteiger partial charge in [-0.25, -0.2) is 0 Å². The highest BCUT2D eigenvalue weighted by Crippen LogP contribution is 2.26. The van der Waals surface area contributed by atoms with E-state index in [4.69, 9.17) is 0 Å². The fourth-order valence-electron chi connectivity index (χ4n) is 1.20. The third kappa shape index (κ3) is 7.17. The van der Waals surface area contributed by atoms with E-state index in [0.717, 1.165) is 26.1 Å². The van der Waals surface area contributed by atoms with Crippen molar-refractivity contribution in [1.29, 1.82) is 0 Å². The van der Waals surface area contributed by atoms with E-state index in [0.29, 0.717) is 23.6 Å². The van der Waals surface area contributed by atoms with Gasteiger partial charge >= 0.3 is 0 Å². The Morgan fingerprint density at radius 3 is 2.40 bits per heavy atom. The summed E-state index contributed by atoms with van der Waals surface area (Å²) in [7, 11) is 1.96. The van der Waals surface area contributed by atoms with Crippen molar-refractivity contribution in [3.8, 4) is 0 Å². The van der Waals surface area contributed by atoms with Crippen molar-refractivity contribution in [3.63, 3.8) is 0 Å². The third-order valence-electron chi connectivity index (χ3n) is 2.93. The highest BCUT2D eigenvalue weighted by atomic mass is 32.2. The third-order valence-corrected chi connectivity index (χ3v) is 3.55. The van der Waals surface area contributed by atoms with Crippen molar-refractivity contribution in [2.75, 3.05) is 26.7 Å². The van der Waals surface area contributed by atoms with Crippen molar-refractivity contribution < 1.29 is 4.55 Å². The van der Waals surface area contributed by atoms with Gasteiger partial charge in [0.2, 0.25) is 12.2 Å². The van der Waals surface area contributed by atoms with Crippen molar-refractivity contribution in [1.82, 2.24) is 9.62 Å². The molecule has 0 unspecified atom stereocenters.